The van der Waals surface area contributed by atoms with E-state index in [2.05, 4.69) is 48.7 Å². The second-order valence-electron chi connectivity index (χ2n) is 8.18. The van der Waals surface area contributed by atoms with Crippen LogP contribution < -0.4 is 0 Å². The molecule has 0 saturated heterocycles. The standard InChI is InChI=1S/C18H31N3O3Si/c1-13-14-8-9-21(10-11-24-25(6,7)18(2,3)4)12-15(14)20-16(19-13)17(22)23-5/h8-12H2,1-7H3. The highest BCUT2D eigenvalue weighted by atomic mass is 28.4. The molecule has 1 aliphatic rings. The molecule has 0 fully saturated rings. The fourth-order valence-electron chi connectivity index (χ4n) is 2.69. The molecule has 0 aromatic carbocycles. The van der Waals surface area contributed by atoms with Crippen LogP contribution in [0.15, 0.2) is 0 Å². The van der Waals surface area contributed by atoms with Gasteiger partial charge < -0.3 is 9.16 Å². The molecule has 0 spiro atoms. The molecule has 0 unspecified atom stereocenters. The molecule has 1 aliphatic heterocycles. The van der Waals surface area contributed by atoms with E-state index < -0.39 is 14.3 Å². The lowest BCUT2D eigenvalue weighted by molar-refractivity contribution is 0.0585. The van der Waals surface area contributed by atoms with E-state index in [1.807, 2.05) is 6.92 Å². The maximum atomic E-state index is 11.7. The Morgan fingerprint density at radius 3 is 2.56 bits per heavy atom. The highest BCUT2D eigenvalue weighted by Crippen LogP contribution is 2.36. The van der Waals surface area contributed by atoms with Crippen molar-refractivity contribution >= 4 is 14.3 Å². The minimum absolute atomic E-state index is 0.151. The third-order valence-corrected chi connectivity index (χ3v) is 9.93. The summed E-state index contributed by atoms with van der Waals surface area (Å²) in [5.74, 6) is -0.331. The second-order valence-corrected chi connectivity index (χ2v) is 13.0. The second kappa shape index (κ2) is 7.51. The van der Waals surface area contributed by atoms with E-state index in [0.29, 0.717) is 0 Å². The molecule has 0 atom stereocenters. The highest BCUT2D eigenvalue weighted by Gasteiger charge is 2.37. The Kier molecular flexibility index (Phi) is 6.01. The van der Waals surface area contributed by atoms with E-state index in [1.54, 1.807) is 0 Å². The van der Waals surface area contributed by atoms with Crippen LogP contribution in [0.25, 0.3) is 0 Å². The summed E-state index contributed by atoms with van der Waals surface area (Å²) in [5.41, 5.74) is 2.98. The number of ether oxygens (including phenoxy) is 1. The molecule has 0 bridgehead atoms. The summed E-state index contributed by atoms with van der Waals surface area (Å²) in [4.78, 5) is 22.8. The van der Waals surface area contributed by atoms with Crippen molar-refractivity contribution in [1.82, 2.24) is 14.9 Å². The molecule has 2 rings (SSSR count). The first-order chi connectivity index (χ1) is 11.5. The normalized spacial score (nSPS) is 15.8. The third-order valence-electron chi connectivity index (χ3n) is 5.40. The van der Waals surface area contributed by atoms with Crippen molar-refractivity contribution < 1.29 is 14.0 Å². The lowest BCUT2D eigenvalue weighted by Crippen LogP contribution is -2.43. The number of rotatable bonds is 5. The summed E-state index contributed by atoms with van der Waals surface area (Å²) in [6.45, 7) is 16.6. The van der Waals surface area contributed by atoms with E-state index in [9.17, 15) is 4.79 Å². The lowest BCUT2D eigenvalue weighted by Gasteiger charge is -2.37. The van der Waals surface area contributed by atoms with Gasteiger partial charge in [0, 0.05) is 31.9 Å². The Morgan fingerprint density at radius 2 is 1.96 bits per heavy atom. The van der Waals surface area contributed by atoms with Gasteiger partial charge in [-0.25, -0.2) is 14.8 Å². The smallest absolute Gasteiger partial charge is 0.376 e. The van der Waals surface area contributed by atoms with E-state index in [1.165, 1.54) is 7.11 Å². The van der Waals surface area contributed by atoms with Crippen LogP contribution in [0.3, 0.4) is 0 Å². The molecule has 0 aliphatic carbocycles. The van der Waals surface area contributed by atoms with Gasteiger partial charge in [-0.1, -0.05) is 20.8 Å². The van der Waals surface area contributed by atoms with Gasteiger partial charge in [0.05, 0.1) is 12.8 Å². The van der Waals surface area contributed by atoms with Crippen LogP contribution >= 0.6 is 0 Å². The topological polar surface area (TPSA) is 64.5 Å². The zero-order chi connectivity index (χ0) is 18.8. The maximum absolute atomic E-state index is 11.7. The molecule has 7 heteroatoms. The Hall–Kier alpha value is -1.31. The Morgan fingerprint density at radius 1 is 1.28 bits per heavy atom. The zero-order valence-corrected chi connectivity index (χ0v) is 17.6. The number of hydrogen-bond acceptors (Lipinski definition) is 6. The molecule has 0 saturated carbocycles. The van der Waals surface area contributed by atoms with E-state index in [-0.39, 0.29) is 10.9 Å². The zero-order valence-electron chi connectivity index (χ0n) is 16.6. The minimum atomic E-state index is -1.71. The van der Waals surface area contributed by atoms with Gasteiger partial charge in [0.2, 0.25) is 5.82 Å². The van der Waals surface area contributed by atoms with E-state index >= 15 is 0 Å². The van der Waals surface area contributed by atoms with Crippen molar-refractivity contribution in [2.75, 3.05) is 26.8 Å². The fraction of sp³-hybridized carbons (Fsp3) is 0.722. The molecular weight excluding hydrogens is 334 g/mol. The van der Waals surface area contributed by atoms with Crippen molar-refractivity contribution in [1.29, 1.82) is 0 Å². The molecule has 6 nitrogen and oxygen atoms in total. The number of methoxy groups -OCH3 is 1. The van der Waals surface area contributed by atoms with Crippen LogP contribution in [0.4, 0.5) is 0 Å². The SMILES string of the molecule is COC(=O)c1nc(C)c2c(n1)CN(CCO[Si](C)(C)C(C)(C)C)CC2. The fourth-order valence-corrected chi connectivity index (χ4v) is 3.73. The summed E-state index contributed by atoms with van der Waals surface area (Å²) in [6, 6.07) is 0. The van der Waals surface area contributed by atoms with E-state index in [4.69, 9.17) is 9.16 Å². The molecule has 1 aromatic heterocycles. The third kappa shape index (κ3) is 4.65. The summed E-state index contributed by atoms with van der Waals surface area (Å²) >= 11 is 0. The summed E-state index contributed by atoms with van der Waals surface area (Å²) in [6.07, 6.45) is 0.905. The van der Waals surface area contributed by atoms with Crippen LogP contribution in [0.1, 0.15) is 48.3 Å². The molecule has 25 heavy (non-hydrogen) atoms. The number of hydrogen-bond donors (Lipinski definition) is 0. The lowest BCUT2D eigenvalue weighted by atomic mass is 10.0. The number of nitrogens with zero attached hydrogens (tertiary/aromatic N) is 3. The minimum Gasteiger partial charge on any atom is -0.463 e. The van der Waals surface area contributed by atoms with Gasteiger partial charge in [-0.2, -0.15) is 0 Å². The van der Waals surface area contributed by atoms with Gasteiger partial charge in [0.1, 0.15) is 0 Å². The predicted molar refractivity (Wildman–Crippen MR) is 100 cm³/mol. The van der Waals surface area contributed by atoms with Gasteiger partial charge in [0.25, 0.3) is 0 Å². The van der Waals surface area contributed by atoms with Gasteiger partial charge in [0.15, 0.2) is 8.32 Å². The van der Waals surface area contributed by atoms with Gasteiger partial charge in [-0.3, -0.25) is 4.90 Å². The van der Waals surface area contributed by atoms with Crippen LogP contribution in [0, 0.1) is 6.92 Å². The summed E-state index contributed by atoms with van der Waals surface area (Å²) < 4.78 is 11.0. The first-order valence-corrected chi connectivity index (χ1v) is 11.8. The van der Waals surface area contributed by atoms with Gasteiger partial charge in [-0.15, -0.1) is 0 Å². The van der Waals surface area contributed by atoms with E-state index in [0.717, 1.165) is 49.6 Å². The first kappa shape index (κ1) is 20.0. The number of carbonyl (C=O) groups is 1. The van der Waals surface area contributed by atoms with Crippen molar-refractivity contribution in [3.63, 3.8) is 0 Å². The number of aromatic nitrogens is 2. The molecule has 140 valence electrons. The largest absolute Gasteiger partial charge is 0.463 e. The summed E-state index contributed by atoms with van der Waals surface area (Å²) in [5, 5.41) is 0.223. The van der Waals surface area contributed by atoms with Crippen LogP contribution in [-0.2, 0) is 22.1 Å². The summed E-state index contributed by atoms with van der Waals surface area (Å²) in [7, 11) is -0.360. The van der Waals surface area contributed by atoms with Crippen molar-refractivity contribution in [3.8, 4) is 0 Å². The monoisotopic (exact) mass is 365 g/mol. The van der Waals surface area contributed by atoms with Gasteiger partial charge in [-0.05, 0) is 37.0 Å². The molecule has 2 heterocycles. The molecule has 0 radical (unpaired) electrons. The van der Waals surface area contributed by atoms with Crippen LogP contribution in [0.2, 0.25) is 18.1 Å². The number of esters is 1. The maximum Gasteiger partial charge on any atom is 0.376 e. The average molecular weight is 366 g/mol. The molecule has 1 aromatic rings. The Balaban J connectivity index is 2.01. The van der Waals surface area contributed by atoms with Crippen molar-refractivity contribution in [2.45, 2.75) is 58.8 Å². The predicted octanol–water partition coefficient (Wildman–Crippen LogP) is 2.95. The molecule has 0 amide bonds. The number of fused-ring (bicyclic) bond motifs is 1. The number of aryl methyl sites for hydroxylation is 1. The van der Waals surface area contributed by atoms with Crippen molar-refractivity contribution in [3.05, 3.63) is 22.8 Å². The number of carbonyl (C=O) groups excluding carboxylic acids is 1. The average Bonchev–Trinajstić information content (AvgIpc) is 2.52. The highest BCUT2D eigenvalue weighted by molar-refractivity contribution is 6.74. The van der Waals surface area contributed by atoms with Crippen LogP contribution in [0.5, 0.6) is 0 Å². The Bertz CT molecular complexity index is 641. The molecular formula is C18H31N3O3Si. The van der Waals surface area contributed by atoms with Crippen LogP contribution in [-0.4, -0.2) is 56.0 Å². The quantitative estimate of drug-likeness (QED) is 0.590. The molecule has 0 N–H and O–H groups in total. The Labute approximate surface area is 152 Å². The first-order valence-electron chi connectivity index (χ1n) is 8.86. The van der Waals surface area contributed by atoms with Gasteiger partial charge >= 0.3 is 5.97 Å². The van der Waals surface area contributed by atoms with Crippen molar-refractivity contribution in [2.24, 2.45) is 0 Å².